The Kier molecular flexibility index (Phi) is 6.81. The van der Waals surface area contributed by atoms with Gasteiger partial charge in [0, 0.05) is 17.0 Å². The minimum atomic E-state index is -1.34. The van der Waals surface area contributed by atoms with Gasteiger partial charge >= 0.3 is 23.9 Å². The van der Waals surface area contributed by atoms with Crippen LogP contribution in [0.25, 0.3) is 0 Å². The monoisotopic (exact) mass is 422 g/mol. The van der Waals surface area contributed by atoms with Gasteiger partial charge in [0.05, 0.1) is 17.0 Å². The van der Waals surface area contributed by atoms with Gasteiger partial charge in [0.2, 0.25) is 0 Å². The molecule has 29 heavy (non-hydrogen) atoms. The van der Waals surface area contributed by atoms with Gasteiger partial charge in [-0.15, -0.1) is 11.3 Å². The maximum Gasteiger partial charge on any atom is 0.407 e. The van der Waals surface area contributed by atoms with Crippen molar-refractivity contribution in [3.8, 4) is 0 Å². The van der Waals surface area contributed by atoms with Gasteiger partial charge in [-0.05, 0) is 23.8 Å². The summed E-state index contributed by atoms with van der Waals surface area (Å²) in [6.45, 7) is -0.231. The number of anilines is 1. The predicted molar refractivity (Wildman–Crippen MR) is 99.2 cm³/mol. The molecule has 0 unspecified atom stereocenters. The Bertz CT molecular complexity index is 970. The molecule has 12 nitrogen and oxygen atoms in total. The molecule has 0 bridgehead atoms. The third-order valence-electron chi connectivity index (χ3n) is 3.39. The number of nitro benzene ring substituents is 1. The van der Waals surface area contributed by atoms with E-state index in [0.717, 1.165) is 11.3 Å². The number of benzene rings is 1. The van der Waals surface area contributed by atoms with Gasteiger partial charge in [0.25, 0.3) is 5.69 Å². The minimum absolute atomic E-state index is 0.0932. The molecule has 13 heteroatoms. The number of hydrogen-bond donors (Lipinski definition) is 4. The molecular weight excluding hydrogens is 408 g/mol. The van der Waals surface area contributed by atoms with Crippen LogP contribution in [0.3, 0.4) is 0 Å². The van der Waals surface area contributed by atoms with Crippen LogP contribution in [0.1, 0.15) is 20.8 Å². The Morgan fingerprint density at radius 2 is 1.86 bits per heavy atom. The molecule has 152 valence electrons. The first-order valence-corrected chi connectivity index (χ1v) is 8.59. The molecule has 1 aromatic heterocycles. The number of hydrogen-bond acceptors (Lipinski definition) is 8. The number of nitrogens with one attached hydrogen (secondary N) is 2. The number of non-ortho nitro benzene ring substituents is 1. The van der Waals surface area contributed by atoms with Gasteiger partial charge in [-0.25, -0.2) is 9.59 Å². The molecule has 0 aliphatic heterocycles. The van der Waals surface area contributed by atoms with Crippen LogP contribution in [-0.4, -0.2) is 33.9 Å². The Morgan fingerprint density at radius 3 is 2.41 bits per heavy atom. The van der Waals surface area contributed by atoms with E-state index in [1.54, 1.807) is 0 Å². The summed E-state index contributed by atoms with van der Waals surface area (Å²) in [6, 6.07) is 6.66. The summed E-state index contributed by atoms with van der Waals surface area (Å²) >= 11 is 0.840. The molecule has 0 atom stereocenters. The first kappa shape index (κ1) is 21.3. The highest BCUT2D eigenvalue weighted by atomic mass is 32.1. The quantitative estimate of drug-likeness (QED) is 0.290. The van der Waals surface area contributed by atoms with Gasteiger partial charge in [-0.3, -0.25) is 19.7 Å². The lowest BCUT2D eigenvalue weighted by atomic mass is 10.2. The second-order valence-corrected chi connectivity index (χ2v) is 6.57. The van der Waals surface area contributed by atoms with Crippen molar-refractivity contribution in [2.75, 3.05) is 5.32 Å². The molecule has 1 heterocycles. The van der Waals surface area contributed by atoms with Gasteiger partial charge in [0.1, 0.15) is 11.6 Å². The normalized spacial score (nSPS) is 10.1. The van der Waals surface area contributed by atoms with Crippen LogP contribution in [0.2, 0.25) is 0 Å². The van der Waals surface area contributed by atoms with Crippen molar-refractivity contribution in [2.24, 2.45) is 5.73 Å². The van der Waals surface area contributed by atoms with Crippen molar-refractivity contribution in [3.63, 3.8) is 0 Å². The summed E-state index contributed by atoms with van der Waals surface area (Å²) in [5.74, 6) is -3.78. The average Bonchev–Trinajstić information content (AvgIpc) is 3.08. The van der Waals surface area contributed by atoms with E-state index in [4.69, 9.17) is 15.6 Å². The number of amides is 3. The molecule has 2 rings (SSSR count). The van der Waals surface area contributed by atoms with Crippen LogP contribution >= 0.6 is 11.3 Å². The van der Waals surface area contributed by atoms with Crippen LogP contribution in [0.5, 0.6) is 0 Å². The van der Waals surface area contributed by atoms with Crippen molar-refractivity contribution in [3.05, 3.63) is 56.5 Å². The second-order valence-electron chi connectivity index (χ2n) is 5.43. The van der Waals surface area contributed by atoms with Gasteiger partial charge in [-0.2, -0.15) is 0 Å². The third kappa shape index (κ3) is 6.00. The van der Waals surface area contributed by atoms with Crippen molar-refractivity contribution in [1.29, 1.82) is 0 Å². The number of ether oxygens (including phenoxy) is 1. The zero-order chi connectivity index (χ0) is 21.6. The summed E-state index contributed by atoms with van der Waals surface area (Å²) in [6.07, 6.45) is -0.809. The Hall–Kier alpha value is -4.00. The lowest BCUT2D eigenvalue weighted by molar-refractivity contribution is -0.384. The zero-order valence-electron chi connectivity index (χ0n) is 14.5. The number of carbonyl (C=O) groups is 4. The minimum Gasteiger partial charge on any atom is -0.478 e. The number of rotatable bonds is 7. The Balaban J connectivity index is 1.92. The molecule has 2 aromatic rings. The van der Waals surface area contributed by atoms with Crippen LogP contribution in [0.15, 0.2) is 30.3 Å². The van der Waals surface area contributed by atoms with E-state index < -0.39 is 28.8 Å². The smallest absolute Gasteiger partial charge is 0.407 e. The van der Waals surface area contributed by atoms with E-state index >= 15 is 0 Å². The lowest BCUT2D eigenvalue weighted by Crippen LogP contribution is -2.29. The van der Waals surface area contributed by atoms with E-state index in [2.05, 4.69) is 10.6 Å². The molecule has 0 radical (unpaired) electrons. The Morgan fingerprint density at radius 1 is 1.21 bits per heavy atom. The average molecular weight is 422 g/mol. The summed E-state index contributed by atoms with van der Waals surface area (Å²) in [5, 5.41) is 24.1. The highest BCUT2D eigenvalue weighted by molar-refractivity contribution is 7.16. The fourth-order valence-corrected chi connectivity index (χ4v) is 3.00. The number of thiophene rings is 1. The molecule has 0 aliphatic carbocycles. The van der Waals surface area contributed by atoms with E-state index in [1.165, 1.54) is 30.3 Å². The van der Waals surface area contributed by atoms with Gasteiger partial charge in [0.15, 0.2) is 0 Å². The summed E-state index contributed by atoms with van der Waals surface area (Å²) < 4.78 is 4.97. The van der Waals surface area contributed by atoms with Crippen LogP contribution < -0.4 is 16.4 Å². The number of nitro groups is 1. The SMILES string of the molecule is NC(=O)C(=O)Nc1sc(CNC(=O)OCc2ccc([N+](=O)[O-])cc2)cc1C(=O)O. The molecule has 0 saturated carbocycles. The van der Waals surface area contributed by atoms with E-state index in [-0.39, 0.29) is 29.4 Å². The standard InChI is InChI=1S/C16H14N4O8S/c17-12(21)13(22)19-14-11(15(23)24)5-10(29-14)6-18-16(25)28-7-8-1-3-9(4-2-8)20(26)27/h1-5H,6-7H2,(H2,17,21)(H,18,25)(H,19,22)(H,23,24). The van der Waals surface area contributed by atoms with Crippen LogP contribution in [0.4, 0.5) is 15.5 Å². The number of primary amides is 1. The van der Waals surface area contributed by atoms with Crippen molar-refractivity contribution < 1.29 is 33.9 Å². The maximum atomic E-state index is 11.8. The Labute approximate surface area is 166 Å². The first-order chi connectivity index (χ1) is 13.7. The number of aromatic carboxylic acids is 1. The van der Waals surface area contributed by atoms with E-state index in [1.807, 2.05) is 0 Å². The molecule has 1 aromatic carbocycles. The lowest BCUT2D eigenvalue weighted by Gasteiger charge is -2.06. The number of carboxylic acid groups (broad SMARTS) is 1. The number of alkyl carbamates (subject to hydrolysis) is 1. The van der Waals surface area contributed by atoms with Crippen molar-refractivity contribution >= 4 is 45.9 Å². The number of carbonyl (C=O) groups excluding carboxylic acids is 3. The molecule has 5 N–H and O–H groups in total. The summed E-state index contributed by atoms with van der Waals surface area (Å²) in [4.78, 5) is 55.6. The van der Waals surface area contributed by atoms with Crippen LogP contribution in [-0.2, 0) is 27.5 Å². The van der Waals surface area contributed by atoms with Gasteiger partial charge in [-0.1, -0.05) is 0 Å². The van der Waals surface area contributed by atoms with E-state index in [9.17, 15) is 29.3 Å². The van der Waals surface area contributed by atoms with E-state index in [0.29, 0.717) is 10.4 Å². The first-order valence-electron chi connectivity index (χ1n) is 7.78. The van der Waals surface area contributed by atoms with Crippen LogP contribution in [0, 0.1) is 10.1 Å². The zero-order valence-corrected chi connectivity index (χ0v) is 15.4. The predicted octanol–water partition coefficient (Wildman–Crippen LogP) is 1.20. The van der Waals surface area contributed by atoms with Crippen molar-refractivity contribution in [2.45, 2.75) is 13.2 Å². The molecule has 0 saturated heterocycles. The highest BCUT2D eigenvalue weighted by Gasteiger charge is 2.19. The number of nitrogens with two attached hydrogens (primary N) is 1. The molecular formula is C16H14N4O8S. The molecule has 0 fully saturated rings. The molecule has 0 aliphatic rings. The fraction of sp³-hybridized carbons (Fsp3) is 0.125. The number of nitrogens with zero attached hydrogens (tertiary/aromatic N) is 1. The molecule has 3 amide bonds. The number of carboxylic acids is 1. The maximum absolute atomic E-state index is 11.8. The summed E-state index contributed by atoms with van der Waals surface area (Å²) in [5.41, 5.74) is 5.00. The largest absolute Gasteiger partial charge is 0.478 e. The third-order valence-corrected chi connectivity index (χ3v) is 4.44. The summed E-state index contributed by atoms with van der Waals surface area (Å²) in [7, 11) is 0. The van der Waals surface area contributed by atoms with Gasteiger partial charge < -0.3 is 26.2 Å². The van der Waals surface area contributed by atoms with Crippen molar-refractivity contribution in [1.82, 2.24) is 5.32 Å². The fourth-order valence-electron chi connectivity index (χ4n) is 2.02. The molecule has 0 spiro atoms. The topological polar surface area (TPSA) is 191 Å². The second kappa shape index (κ2) is 9.27. The highest BCUT2D eigenvalue weighted by Crippen LogP contribution is 2.28.